The maximum absolute atomic E-state index is 4.19. The molecule has 0 saturated carbocycles. The summed E-state index contributed by atoms with van der Waals surface area (Å²) in [6, 6.07) is 0. The van der Waals surface area contributed by atoms with Gasteiger partial charge in [0.2, 0.25) is 0 Å². The number of hydrogen-bond acceptors (Lipinski definition) is 1. The van der Waals surface area contributed by atoms with Gasteiger partial charge in [0.05, 0.1) is 0 Å². The molecule has 0 heterocycles. The maximum Gasteiger partial charge on any atom is 0.124 e. The van der Waals surface area contributed by atoms with Crippen molar-refractivity contribution in [2.45, 2.75) is 0 Å². The Morgan fingerprint density at radius 2 is 1.14 bits per heavy atom. The predicted octanol–water partition coefficient (Wildman–Crippen LogP) is 0.936. The van der Waals surface area contributed by atoms with E-state index in [0.29, 0.717) is 0 Å². The van der Waals surface area contributed by atoms with Gasteiger partial charge in [-0.15, -0.1) is 0 Å². The van der Waals surface area contributed by atoms with E-state index in [4.69, 9.17) is 0 Å². The molecule has 0 bridgehead atoms. The van der Waals surface area contributed by atoms with E-state index in [1.807, 2.05) is 0 Å². The summed E-state index contributed by atoms with van der Waals surface area (Å²) >= 11 is 3.55. The second-order valence-electron chi connectivity index (χ2n) is 0.0583. The van der Waals surface area contributed by atoms with Gasteiger partial charge in [-0.2, -0.15) is 0 Å². The molecule has 1 nitrogen and oxygen atoms in total. The molecule has 7 heavy (non-hydrogen) atoms. The third-order valence-electron chi connectivity index (χ3n) is 0. The van der Waals surface area contributed by atoms with Crippen LogP contribution in [0.2, 0.25) is 0 Å². The van der Waals surface area contributed by atoms with E-state index < -0.39 is 0 Å². The molecule has 7 heteroatoms. The molecule has 0 aliphatic rings. The Labute approximate surface area is 162 Å². The van der Waals surface area contributed by atoms with Gasteiger partial charge >= 0.3 is 0 Å². The fourth-order valence-electron chi connectivity index (χ4n) is 0. The second-order valence-corrected chi connectivity index (χ2v) is 2.62. The molecule has 0 aliphatic heterocycles. The minimum atomic E-state index is 0. The van der Waals surface area contributed by atoms with Gasteiger partial charge in [0.25, 0.3) is 0 Å². The van der Waals surface area contributed by atoms with Crippen molar-refractivity contribution in [1.29, 1.82) is 0 Å². The van der Waals surface area contributed by atoms with Crippen molar-refractivity contribution in [3.8, 4) is 0 Å². The van der Waals surface area contributed by atoms with Crippen LogP contribution < -0.4 is 0 Å². The minimum Gasteiger partial charge on any atom is -0.247 e. The molecule has 36 valence electrons. The van der Waals surface area contributed by atoms with Gasteiger partial charge in [-0.1, -0.05) is 0 Å². The maximum atomic E-state index is 4.19. The monoisotopic (exact) mass is 758 g/mol. The quantitative estimate of drug-likeness (QED) is 0.265. The summed E-state index contributed by atoms with van der Waals surface area (Å²) in [5.41, 5.74) is 0. The Bertz CT molecular complexity index is 17.7. The fraction of sp³-hybridized carbons (Fsp3) is 0. The van der Waals surface area contributed by atoms with Gasteiger partial charge in [-0.3, -0.25) is 0 Å². The third kappa shape index (κ3) is 34.7. The normalized spacial score (nSPS) is 2.57. The van der Waals surface area contributed by atoms with E-state index in [0.717, 1.165) is 0 Å². The van der Waals surface area contributed by atoms with Crippen LogP contribution in [0.5, 0.6) is 0 Å². The van der Waals surface area contributed by atoms with Gasteiger partial charge in [-0.25, -0.2) is 1.40 Å². The first-order chi connectivity index (χ1) is 1.41. The Morgan fingerprint density at radius 1 is 1.14 bits per heavy atom. The molecule has 0 aliphatic carbocycles. The van der Waals surface area contributed by atoms with Crippen LogP contribution >= 0.6 is 46.0 Å². The van der Waals surface area contributed by atoms with Crippen LogP contribution in [0.3, 0.4) is 0 Å². The van der Waals surface area contributed by atoms with Crippen LogP contribution in [0.25, 0.3) is 0 Å². The van der Waals surface area contributed by atoms with E-state index in [9.17, 15) is 0 Å². The Morgan fingerprint density at radius 3 is 1.14 bits per heavy atom. The zero-order valence-electron chi connectivity index (χ0n) is 3.27. The molecule has 0 spiro atoms. The topological polar surface area (TPSA) is 9.23 Å². The largest absolute Gasteiger partial charge is 0.247 e. The van der Waals surface area contributed by atoms with E-state index in [-0.39, 0.29) is 119 Å². The summed E-state index contributed by atoms with van der Waals surface area (Å²) in [5.74, 6) is 0. The van der Waals surface area contributed by atoms with Crippen molar-refractivity contribution < 1.29 is 45.5 Å². The summed E-state index contributed by atoms with van der Waals surface area (Å²) in [4.78, 5) is 0. The molecule has 0 unspecified atom stereocenters. The van der Waals surface area contributed by atoms with Gasteiger partial charge in [0, 0.05) is 119 Å². The summed E-state index contributed by atoms with van der Waals surface area (Å²) in [5, 5.41) is 0. The van der Waals surface area contributed by atoms with Crippen LogP contribution in [0.1, 0.15) is 0 Å². The van der Waals surface area contributed by atoms with Crippen molar-refractivity contribution in [3.63, 3.8) is 0 Å². The molecule has 0 rings (SSSR count). The first-order valence-corrected chi connectivity index (χ1v) is 2.07. The number of halogens is 2. The average Bonchev–Trinajstić information content (AvgIpc) is 0.918. The molecular weight excluding hydrogens is 757 g/mol. The van der Waals surface area contributed by atoms with Crippen molar-refractivity contribution in [1.82, 2.24) is 0 Å². The van der Waals surface area contributed by atoms with Crippen LogP contribution in [0.15, 0.2) is 0 Å². The molecule has 0 aromatic rings. The molecule has 0 aromatic heterocycles. The van der Waals surface area contributed by atoms with Crippen LogP contribution in [-0.4, -0.2) is 75.1 Å². The second kappa shape index (κ2) is 30.2. The van der Waals surface area contributed by atoms with E-state index in [1.165, 1.54) is 0 Å². The van der Waals surface area contributed by atoms with Gasteiger partial charge in [0.1, 0.15) is 46.0 Å². The van der Waals surface area contributed by atoms with Gasteiger partial charge in [0.15, 0.2) is 0 Å². The van der Waals surface area contributed by atoms with E-state index >= 15 is 0 Å². The fourth-order valence-corrected chi connectivity index (χ4v) is 0. The molecular formula is BaBiI2NbOTi. The SMILES string of the molecule is IOI.[Ba].[Bi].[Nb].[Ti]. The van der Waals surface area contributed by atoms with Crippen molar-refractivity contribution in [2.24, 2.45) is 0 Å². The molecule has 0 aromatic carbocycles. The Balaban J connectivity index is -0.00000000333. The molecule has 0 fully saturated rings. The smallest absolute Gasteiger partial charge is 0.124 e. The van der Waals surface area contributed by atoms with E-state index in [1.54, 1.807) is 46.0 Å². The number of hydrogen-bond donors (Lipinski definition) is 0. The van der Waals surface area contributed by atoms with Gasteiger partial charge < -0.3 is 0 Å². The molecule has 0 amide bonds. The van der Waals surface area contributed by atoms with Crippen LogP contribution in [0.4, 0.5) is 0 Å². The number of rotatable bonds is 0. The summed E-state index contributed by atoms with van der Waals surface area (Å²) in [7, 11) is 0. The first kappa shape index (κ1) is 29.5. The van der Waals surface area contributed by atoms with Crippen molar-refractivity contribution >= 4 is 121 Å². The zero-order valence-corrected chi connectivity index (χ0v) is 19.3. The summed E-state index contributed by atoms with van der Waals surface area (Å²) in [6.45, 7) is 0. The van der Waals surface area contributed by atoms with Crippen LogP contribution in [0, 0.1) is 0 Å². The molecule has 0 saturated heterocycles. The predicted molar refractivity (Wildman–Crippen MR) is 40.6 cm³/mol. The van der Waals surface area contributed by atoms with E-state index in [2.05, 4.69) is 1.40 Å². The Kier molecular flexibility index (Phi) is 127. The summed E-state index contributed by atoms with van der Waals surface area (Å²) < 4.78 is 4.19. The minimum absolute atomic E-state index is 0. The van der Waals surface area contributed by atoms with Crippen LogP contribution in [-0.2, 0) is 45.5 Å². The van der Waals surface area contributed by atoms with Crippen molar-refractivity contribution in [3.05, 3.63) is 0 Å². The van der Waals surface area contributed by atoms with Gasteiger partial charge in [-0.05, 0) is 0 Å². The van der Waals surface area contributed by atoms with Crippen molar-refractivity contribution in [2.75, 3.05) is 0 Å². The third-order valence-corrected chi connectivity index (χ3v) is 0. The Hall–Kier alpha value is 5.33. The molecule has 0 N–H and O–H groups in total. The molecule has 6 radical (unpaired) electrons. The standard InChI is InChI=1S/Ba.Bi.I2O.Nb.Ti/c;;1-3-2;;. The first-order valence-electron chi connectivity index (χ1n) is 0.309. The average molecular weight is 757 g/mol. The molecule has 0 atom stereocenters. The zero-order chi connectivity index (χ0) is 2.71. The summed E-state index contributed by atoms with van der Waals surface area (Å²) in [6.07, 6.45) is 0.